The van der Waals surface area contributed by atoms with Crippen LogP contribution in [0.15, 0.2) is 0 Å². The van der Waals surface area contributed by atoms with Crippen LogP contribution in [0.5, 0.6) is 0 Å². The molecule has 0 aromatic rings. The lowest BCUT2D eigenvalue weighted by Gasteiger charge is -2.28. The second-order valence-corrected chi connectivity index (χ2v) is 4.30. The maximum atomic E-state index is 5.80. The summed E-state index contributed by atoms with van der Waals surface area (Å²) in [6, 6.07) is 0. The van der Waals surface area contributed by atoms with Crippen molar-refractivity contribution < 1.29 is 0 Å². The van der Waals surface area contributed by atoms with Crippen LogP contribution in [0.1, 0.15) is 46.0 Å². The molecule has 0 amide bonds. The van der Waals surface area contributed by atoms with Crippen LogP contribution in [0.2, 0.25) is 0 Å². The molecule has 0 aliphatic heterocycles. The SMILES string of the molecule is C[C](C)CC1(CN)CCCC1. The van der Waals surface area contributed by atoms with Gasteiger partial charge >= 0.3 is 0 Å². The van der Waals surface area contributed by atoms with Crippen molar-refractivity contribution in [2.75, 3.05) is 6.54 Å². The molecule has 0 atom stereocenters. The van der Waals surface area contributed by atoms with E-state index in [2.05, 4.69) is 13.8 Å². The minimum atomic E-state index is 0.499. The van der Waals surface area contributed by atoms with Gasteiger partial charge in [-0.15, -0.1) is 0 Å². The molecule has 1 fully saturated rings. The minimum Gasteiger partial charge on any atom is -0.330 e. The normalized spacial score (nSPS) is 22.9. The van der Waals surface area contributed by atoms with Gasteiger partial charge in [-0.1, -0.05) is 26.7 Å². The maximum Gasteiger partial charge on any atom is -0.00203 e. The highest BCUT2D eigenvalue weighted by Crippen LogP contribution is 2.42. The van der Waals surface area contributed by atoms with Crippen LogP contribution in [0, 0.1) is 11.3 Å². The molecular formula is C10H20N. The predicted octanol–water partition coefficient (Wildman–Crippen LogP) is 2.51. The van der Waals surface area contributed by atoms with Crippen LogP contribution in [-0.4, -0.2) is 6.54 Å². The van der Waals surface area contributed by atoms with Crippen LogP contribution in [0.4, 0.5) is 0 Å². The Kier molecular flexibility index (Phi) is 2.94. The third-order valence-electron chi connectivity index (χ3n) is 2.83. The first-order valence-electron chi connectivity index (χ1n) is 4.68. The van der Waals surface area contributed by atoms with Gasteiger partial charge in [0.15, 0.2) is 0 Å². The molecule has 1 saturated carbocycles. The number of hydrogen-bond donors (Lipinski definition) is 1. The Morgan fingerprint density at radius 3 is 2.18 bits per heavy atom. The van der Waals surface area contributed by atoms with Crippen molar-refractivity contribution in [1.29, 1.82) is 0 Å². The van der Waals surface area contributed by atoms with Crippen molar-refractivity contribution in [3.63, 3.8) is 0 Å². The molecule has 65 valence electrons. The topological polar surface area (TPSA) is 26.0 Å². The van der Waals surface area contributed by atoms with Gasteiger partial charge in [-0.05, 0) is 37.1 Å². The van der Waals surface area contributed by atoms with Gasteiger partial charge in [0, 0.05) is 0 Å². The third-order valence-corrected chi connectivity index (χ3v) is 2.83. The first kappa shape index (κ1) is 9.05. The fourth-order valence-corrected chi connectivity index (χ4v) is 2.33. The molecule has 0 heterocycles. The fraction of sp³-hybridized carbons (Fsp3) is 0.900. The van der Waals surface area contributed by atoms with Gasteiger partial charge in [0.05, 0.1) is 0 Å². The quantitative estimate of drug-likeness (QED) is 0.664. The highest BCUT2D eigenvalue weighted by atomic mass is 14.6. The highest BCUT2D eigenvalue weighted by molar-refractivity contribution is 4.94. The molecule has 0 saturated heterocycles. The van der Waals surface area contributed by atoms with Gasteiger partial charge in [0.1, 0.15) is 0 Å². The molecule has 0 aromatic heterocycles. The van der Waals surface area contributed by atoms with Crippen LogP contribution in [0.3, 0.4) is 0 Å². The molecule has 1 aliphatic rings. The summed E-state index contributed by atoms with van der Waals surface area (Å²) in [5, 5.41) is 0. The summed E-state index contributed by atoms with van der Waals surface area (Å²) in [4.78, 5) is 0. The molecule has 0 unspecified atom stereocenters. The van der Waals surface area contributed by atoms with E-state index < -0.39 is 0 Å². The Morgan fingerprint density at radius 2 is 1.82 bits per heavy atom. The Morgan fingerprint density at radius 1 is 1.27 bits per heavy atom. The lowest BCUT2D eigenvalue weighted by atomic mass is 9.79. The summed E-state index contributed by atoms with van der Waals surface area (Å²) >= 11 is 0. The van der Waals surface area contributed by atoms with E-state index in [0.29, 0.717) is 5.41 Å². The van der Waals surface area contributed by atoms with Crippen molar-refractivity contribution in [3.8, 4) is 0 Å². The Labute approximate surface area is 70.4 Å². The van der Waals surface area contributed by atoms with E-state index in [4.69, 9.17) is 5.73 Å². The minimum absolute atomic E-state index is 0.499. The van der Waals surface area contributed by atoms with E-state index in [1.807, 2.05) is 0 Å². The summed E-state index contributed by atoms with van der Waals surface area (Å²) in [6.45, 7) is 5.32. The van der Waals surface area contributed by atoms with E-state index in [0.717, 1.165) is 6.54 Å². The molecule has 2 N–H and O–H groups in total. The van der Waals surface area contributed by atoms with E-state index in [1.54, 1.807) is 0 Å². The first-order valence-corrected chi connectivity index (χ1v) is 4.68. The van der Waals surface area contributed by atoms with Crippen molar-refractivity contribution >= 4 is 0 Å². The molecule has 1 heteroatoms. The molecule has 11 heavy (non-hydrogen) atoms. The number of rotatable bonds is 3. The van der Waals surface area contributed by atoms with E-state index >= 15 is 0 Å². The predicted molar refractivity (Wildman–Crippen MR) is 49.2 cm³/mol. The summed E-state index contributed by atoms with van der Waals surface area (Å²) in [6.07, 6.45) is 6.75. The Balaban J connectivity index is 2.45. The molecule has 1 nitrogen and oxygen atoms in total. The van der Waals surface area contributed by atoms with Crippen molar-refractivity contribution in [3.05, 3.63) is 5.92 Å². The van der Waals surface area contributed by atoms with Crippen molar-refractivity contribution in [2.45, 2.75) is 46.0 Å². The molecule has 1 radical (unpaired) electrons. The van der Waals surface area contributed by atoms with Crippen molar-refractivity contribution in [2.24, 2.45) is 11.1 Å². The second-order valence-electron chi connectivity index (χ2n) is 4.30. The van der Waals surface area contributed by atoms with Gasteiger partial charge in [-0.25, -0.2) is 0 Å². The van der Waals surface area contributed by atoms with E-state index in [9.17, 15) is 0 Å². The fourth-order valence-electron chi connectivity index (χ4n) is 2.33. The van der Waals surface area contributed by atoms with Crippen molar-refractivity contribution in [1.82, 2.24) is 0 Å². The van der Waals surface area contributed by atoms with Gasteiger partial charge < -0.3 is 5.73 Å². The smallest absolute Gasteiger partial charge is 0.00203 e. The standard InChI is InChI=1S/C10H20N/c1-9(2)7-10(8-11)5-3-4-6-10/h3-8,11H2,1-2H3. The molecule has 0 bridgehead atoms. The lowest BCUT2D eigenvalue weighted by Crippen LogP contribution is -2.28. The van der Waals surface area contributed by atoms with Gasteiger partial charge in [-0.3, -0.25) is 0 Å². The van der Waals surface area contributed by atoms with E-state index in [-0.39, 0.29) is 0 Å². The first-order chi connectivity index (χ1) is 5.18. The zero-order chi connectivity index (χ0) is 8.32. The average molecular weight is 154 g/mol. The molecular weight excluding hydrogens is 134 g/mol. The third kappa shape index (κ3) is 2.19. The van der Waals surface area contributed by atoms with Crippen LogP contribution in [-0.2, 0) is 0 Å². The van der Waals surface area contributed by atoms with Gasteiger partial charge in [0.2, 0.25) is 0 Å². The van der Waals surface area contributed by atoms with E-state index in [1.165, 1.54) is 38.0 Å². The van der Waals surface area contributed by atoms with Crippen LogP contribution < -0.4 is 5.73 Å². The Bertz CT molecular complexity index is 112. The van der Waals surface area contributed by atoms with Crippen LogP contribution >= 0.6 is 0 Å². The molecule has 1 aliphatic carbocycles. The monoisotopic (exact) mass is 154 g/mol. The maximum absolute atomic E-state index is 5.80. The summed E-state index contributed by atoms with van der Waals surface area (Å²) in [5.74, 6) is 1.54. The number of nitrogens with two attached hydrogens (primary N) is 1. The van der Waals surface area contributed by atoms with Gasteiger partial charge in [-0.2, -0.15) is 0 Å². The Hall–Kier alpha value is -0.0400. The van der Waals surface area contributed by atoms with Gasteiger partial charge in [0.25, 0.3) is 0 Å². The number of hydrogen-bond acceptors (Lipinski definition) is 1. The zero-order valence-electron chi connectivity index (χ0n) is 7.82. The summed E-state index contributed by atoms with van der Waals surface area (Å²) in [5.41, 5.74) is 6.30. The molecule has 0 aromatic carbocycles. The largest absolute Gasteiger partial charge is 0.330 e. The highest BCUT2D eigenvalue weighted by Gasteiger charge is 2.32. The average Bonchev–Trinajstić information content (AvgIpc) is 2.36. The van der Waals surface area contributed by atoms with Crippen LogP contribution in [0.25, 0.3) is 0 Å². The molecule has 1 rings (SSSR count). The molecule has 0 spiro atoms. The lowest BCUT2D eigenvalue weighted by molar-refractivity contribution is 0.291. The summed E-state index contributed by atoms with van der Waals surface area (Å²) in [7, 11) is 0. The summed E-state index contributed by atoms with van der Waals surface area (Å²) < 4.78 is 0. The second kappa shape index (κ2) is 3.57. The zero-order valence-corrected chi connectivity index (χ0v) is 7.82.